The standard InChI is InChI=1S/C14H18N4O/c1-10-7-16-11(2)14(17-10)18(3)9-13(19)12-5-4-6-15-8-12/h4-8,13,19H,9H2,1-3H3. The van der Waals surface area contributed by atoms with Gasteiger partial charge in [0.25, 0.3) is 0 Å². The van der Waals surface area contributed by atoms with Crippen LogP contribution in [0, 0.1) is 13.8 Å². The molecule has 0 aliphatic carbocycles. The maximum atomic E-state index is 10.2. The fourth-order valence-electron chi connectivity index (χ4n) is 1.91. The molecule has 0 aromatic carbocycles. The number of pyridine rings is 1. The van der Waals surface area contributed by atoms with Crippen LogP contribution in [0.3, 0.4) is 0 Å². The lowest BCUT2D eigenvalue weighted by atomic mass is 10.1. The van der Waals surface area contributed by atoms with E-state index in [9.17, 15) is 5.11 Å². The fourth-order valence-corrected chi connectivity index (χ4v) is 1.91. The Balaban J connectivity index is 2.13. The van der Waals surface area contributed by atoms with Crippen LogP contribution in [-0.4, -0.2) is 33.7 Å². The smallest absolute Gasteiger partial charge is 0.150 e. The summed E-state index contributed by atoms with van der Waals surface area (Å²) in [6, 6.07) is 3.68. The van der Waals surface area contributed by atoms with Gasteiger partial charge in [-0.1, -0.05) is 6.07 Å². The zero-order chi connectivity index (χ0) is 13.8. The minimum absolute atomic E-state index is 0.449. The Kier molecular flexibility index (Phi) is 4.06. The topological polar surface area (TPSA) is 62.1 Å². The van der Waals surface area contributed by atoms with E-state index in [1.807, 2.05) is 37.9 Å². The summed E-state index contributed by atoms with van der Waals surface area (Å²) in [5, 5.41) is 10.2. The predicted octanol–water partition coefficient (Wildman–Crippen LogP) is 1.66. The summed E-state index contributed by atoms with van der Waals surface area (Å²) >= 11 is 0. The van der Waals surface area contributed by atoms with Crippen LogP contribution in [-0.2, 0) is 0 Å². The summed E-state index contributed by atoms with van der Waals surface area (Å²) in [4.78, 5) is 14.7. The zero-order valence-electron chi connectivity index (χ0n) is 11.4. The second kappa shape index (κ2) is 5.75. The van der Waals surface area contributed by atoms with Gasteiger partial charge in [0.1, 0.15) is 5.82 Å². The molecule has 1 N–H and O–H groups in total. The number of hydrogen-bond acceptors (Lipinski definition) is 5. The first kappa shape index (κ1) is 13.4. The Hall–Kier alpha value is -2.01. The number of anilines is 1. The summed E-state index contributed by atoms with van der Waals surface area (Å²) in [7, 11) is 1.90. The van der Waals surface area contributed by atoms with E-state index < -0.39 is 6.10 Å². The van der Waals surface area contributed by atoms with Crippen LogP contribution in [0.5, 0.6) is 0 Å². The lowest BCUT2D eigenvalue weighted by Gasteiger charge is -2.23. The van der Waals surface area contributed by atoms with Crippen LogP contribution >= 0.6 is 0 Å². The third-order valence-corrected chi connectivity index (χ3v) is 2.93. The number of nitrogens with zero attached hydrogens (tertiary/aromatic N) is 4. The molecule has 0 fully saturated rings. The molecule has 5 nitrogen and oxygen atoms in total. The molecule has 0 aliphatic rings. The van der Waals surface area contributed by atoms with Gasteiger partial charge >= 0.3 is 0 Å². The molecule has 0 aliphatic heterocycles. The summed E-state index contributed by atoms with van der Waals surface area (Å²) in [5.41, 5.74) is 2.52. The van der Waals surface area contributed by atoms with E-state index in [-0.39, 0.29) is 0 Å². The number of likely N-dealkylation sites (N-methyl/N-ethyl adjacent to an activating group) is 1. The molecule has 0 saturated heterocycles. The van der Waals surface area contributed by atoms with Crippen molar-refractivity contribution in [1.29, 1.82) is 0 Å². The maximum absolute atomic E-state index is 10.2. The number of aryl methyl sites for hydroxylation is 2. The van der Waals surface area contributed by atoms with E-state index in [0.717, 1.165) is 22.8 Å². The Bertz CT molecular complexity index is 544. The third-order valence-electron chi connectivity index (χ3n) is 2.93. The van der Waals surface area contributed by atoms with Crippen LogP contribution in [0.25, 0.3) is 0 Å². The van der Waals surface area contributed by atoms with Gasteiger partial charge in [-0.05, 0) is 19.9 Å². The average Bonchev–Trinajstić information content (AvgIpc) is 2.42. The van der Waals surface area contributed by atoms with Gasteiger partial charge in [-0.3, -0.25) is 9.97 Å². The van der Waals surface area contributed by atoms with Gasteiger partial charge < -0.3 is 10.0 Å². The second-order valence-electron chi connectivity index (χ2n) is 4.60. The van der Waals surface area contributed by atoms with Gasteiger partial charge in [0.2, 0.25) is 0 Å². The monoisotopic (exact) mass is 258 g/mol. The molecule has 0 amide bonds. The lowest BCUT2D eigenvalue weighted by molar-refractivity contribution is 0.184. The average molecular weight is 258 g/mol. The predicted molar refractivity (Wildman–Crippen MR) is 74.0 cm³/mol. The SMILES string of the molecule is Cc1cnc(C)c(N(C)CC(O)c2cccnc2)n1. The Morgan fingerprint density at radius 1 is 1.32 bits per heavy atom. The zero-order valence-corrected chi connectivity index (χ0v) is 11.4. The summed E-state index contributed by atoms with van der Waals surface area (Å²) < 4.78 is 0. The van der Waals surface area contributed by atoms with Crippen molar-refractivity contribution in [3.63, 3.8) is 0 Å². The minimum Gasteiger partial charge on any atom is -0.386 e. The molecule has 0 spiro atoms. The molecular formula is C14H18N4O. The minimum atomic E-state index is -0.597. The Morgan fingerprint density at radius 3 is 2.79 bits per heavy atom. The van der Waals surface area contributed by atoms with E-state index in [2.05, 4.69) is 15.0 Å². The molecule has 0 saturated carbocycles. The van der Waals surface area contributed by atoms with Gasteiger partial charge in [-0.2, -0.15) is 0 Å². The molecule has 100 valence electrons. The number of hydrogen-bond donors (Lipinski definition) is 1. The number of aliphatic hydroxyl groups excluding tert-OH is 1. The quantitative estimate of drug-likeness (QED) is 0.903. The van der Waals surface area contributed by atoms with Crippen LogP contribution < -0.4 is 4.90 Å². The van der Waals surface area contributed by atoms with Crippen molar-refractivity contribution in [1.82, 2.24) is 15.0 Å². The van der Waals surface area contributed by atoms with Gasteiger partial charge in [0.05, 0.1) is 17.5 Å². The van der Waals surface area contributed by atoms with Crippen LogP contribution in [0.15, 0.2) is 30.7 Å². The molecule has 1 atom stereocenters. The van der Waals surface area contributed by atoms with Gasteiger partial charge in [-0.15, -0.1) is 0 Å². The van der Waals surface area contributed by atoms with Crippen molar-refractivity contribution in [2.45, 2.75) is 20.0 Å². The van der Waals surface area contributed by atoms with E-state index in [4.69, 9.17) is 0 Å². The van der Waals surface area contributed by atoms with Crippen molar-refractivity contribution in [2.24, 2.45) is 0 Å². The van der Waals surface area contributed by atoms with Crippen molar-refractivity contribution >= 4 is 5.82 Å². The van der Waals surface area contributed by atoms with Gasteiger partial charge in [0, 0.05) is 37.7 Å². The summed E-state index contributed by atoms with van der Waals surface area (Å²) in [6.45, 7) is 4.26. The molecule has 2 aromatic heterocycles. The van der Waals surface area contributed by atoms with E-state index >= 15 is 0 Å². The number of rotatable bonds is 4. The first-order valence-electron chi connectivity index (χ1n) is 6.17. The Labute approximate surface area is 113 Å². The van der Waals surface area contributed by atoms with Crippen molar-refractivity contribution in [2.75, 3.05) is 18.5 Å². The van der Waals surface area contributed by atoms with Gasteiger partial charge in [0.15, 0.2) is 0 Å². The van der Waals surface area contributed by atoms with E-state index in [0.29, 0.717) is 6.54 Å². The number of aromatic nitrogens is 3. The van der Waals surface area contributed by atoms with Crippen LogP contribution in [0.4, 0.5) is 5.82 Å². The molecule has 2 rings (SSSR count). The maximum Gasteiger partial charge on any atom is 0.150 e. The van der Waals surface area contributed by atoms with Crippen LogP contribution in [0.2, 0.25) is 0 Å². The van der Waals surface area contributed by atoms with Crippen molar-refractivity contribution < 1.29 is 5.11 Å². The summed E-state index contributed by atoms with van der Waals surface area (Å²) in [6.07, 6.45) is 4.51. The van der Waals surface area contributed by atoms with Crippen molar-refractivity contribution in [3.8, 4) is 0 Å². The molecule has 0 bridgehead atoms. The largest absolute Gasteiger partial charge is 0.386 e. The molecule has 2 heterocycles. The van der Waals surface area contributed by atoms with Crippen molar-refractivity contribution in [3.05, 3.63) is 47.7 Å². The highest BCUT2D eigenvalue weighted by molar-refractivity contribution is 5.42. The first-order chi connectivity index (χ1) is 9.08. The van der Waals surface area contributed by atoms with Crippen LogP contribution in [0.1, 0.15) is 23.1 Å². The normalized spacial score (nSPS) is 12.2. The molecule has 1 unspecified atom stereocenters. The lowest BCUT2D eigenvalue weighted by Crippen LogP contribution is -2.26. The molecule has 0 radical (unpaired) electrons. The molecule has 5 heteroatoms. The highest BCUT2D eigenvalue weighted by atomic mass is 16.3. The fraction of sp³-hybridized carbons (Fsp3) is 0.357. The molecule has 2 aromatic rings. The summed E-state index contributed by atoms with van der Waals surface area (Å²) in [5.74, 6) is 0.794. The first-order valence-corrected chi connectivity index (χ1v) is 6.17. The van der Waals surface area contributed by atoms with E-state index in [1.165, 1.54) is 0 Å². The highest BCUT2D eigenvalue weighted by Gasteiger charge is 2.14. The highest BCUT2D eigenvalue weighted by Crippen LogP contribution is 2.18. The van der Waals surface area contributed by atoms with Gasteiger partial charge in [-0.25, -0.2) is 4.98 Å². The number of aliphatic hydroxyl groups is 1. The molecule has 19 heavy (non-hydrogen) atoms. The second-order valence-corrected chi connectivity index (χ2v) is 4.60. The Morgan fingerprint density at radius 2 is 2.11 bits per heavy atom. The van der Waals surface area contributed by atoms with E-state index in [1.54, 1.807) is 18.6 Å². The third kappa shape index (κ3) is 3.26. The molecular weight excluding hydrogens is 240 g/mol.